The molecule has 8 heteroatoms. The second kappa shape index (κ2) is 8.40. The molecule has 29 heavy (non-hydrogen) atoms. The fourth-order valence-corrected chi connectivity index (χ4v) is 3.91. The number of carbonyl (C=O) groups is 1. The van der Waals surface area contributed by atoms with Gasteiger partial charge < -0.3 is 25.0 Å². The highest BCUT2D eigenvalue weighted by Gasteiger charge is 2.30. The molecule has 0 spiro atoms. The van der Waals surface area contributed by atoms with Gasteiger partial charge in [0.25, 0.3) is 5.91 Å². The third-order valence-corrected chi connectivity index (χ3v) is 5.45. The second-order valence-corrected chi connectivity index (χ2v) is 7.42. The van der Waals surface area contributed by atoms with E-state index < -0.39 is 6.10 Å². The van der Waals surface area contributed by atoms with Crippen LogP contribution in [0.2, 0.25) is 0 Å². The van der Waals surface area contributed by atoms with Gasteiger partial charge in [0, 0.05) is 18.1 Å². The Labute approximate surface area is 173 Å². The fourth-order valence-electron chi connectivity index (χ4n) is 3.18. The Morgan fingerprint density at radius 2 is 2.07 bits per heavy atom. The number of hydrogen-bond acceptors (Lipinski definition) is 7. The first-order chi connectivity index (χ1) is 14.2. The fraction of sp³-hybridized carbons (Fsp3) is 0.238. The van der Waals surface area contributed by atoms with Crippen LogP contribution in [0, 0.1) is 0 Å². The monoisotopic (exact) mass is 410 g/mol. The lowest BCUT2D eigenvalue weighted by molar-refractivity contribution is -0.127. The number of aromatic nitrogens is 1. The Balaban J connectivity index is 1.49. The minimum absolute atomic E-state index is 0.135. The molecule has 2 heterocycles. The molecule has 0 saturated carbocycles. The first-order valence-electron chi connectivity index (χ1n) is 9.24. The number of carbonyl (C=O) groups excluding carboxylic acids is 1. The molecule has 4 rings (SSSR count). The van der Waals surface area contributed by atoms with Crippen LogP contribution in [0.4, 0.5) is 16.5 Å². The van der Waals surface area contributed by atoms with Crippen LogP contribution in [0.15, 0.2) is 53.9 Å². The highest BCUT2D eigenvalue weighted by molar-refractivity contribution is 7.13. The molecule has 1 aromatic heterocycles. The third-order valence-electron chi connectivity index (χ3n) is 4.65. The molecule has 0 fully saturated rings. The maximum Gasteiger partial charge on any atom is 0.262 e. The average Bonchev–Trinajstić information content (AvgIpc) is 3.20. The van der Waals surface area contributed by atoms with Gasteiger partial charge in [-0.05, 0) is 36.4 Å². The molecule has 0 aliphatic carbocycles. The lowest BCUT2D eigenvalue weighted by atomic mass is 10.1. The highest BCUT2D eigenvalue weighted by atomic mass is 32.1. The van der Waals surface area contributed by atoms with E-state index in [0.29, 0.717) is 18.8 Å². The van der Waals surface area contributed by atoms with E-state index in [0.717, 1.165) is 27.9 Å². The molecule has 1 aliphatic rings. The molecule has 7 nitrogen and oxygen atoms in total. The van der Waals surface area contributed by atoms with Crippen molar-refractivity contribution < 1.29 is 14.3 Å². The van der Waals surface area contributed by atoms with Gasteiger partial charge in [0.05, 0.1) is 31.6 Å². The van der Waals surface area contributed by atoms with Crippen molar-refractivity contribution in [2.24, 2.45) is 0 Å². The van der Waals surface area contributed by atoms with Crippen molar-refractivity contribution in [2.45, 2.75) is 12.6 Å². The number of thiazole rings is 1. The van der Waals surface area contributed by atoms with E-state index in [-0.39, 0.29) is 5.91 Å². The third kappa shape index (κ3) is 4.27. The van der Waals surface area contributed by atoms with Crippen LogP contribution in [0.25, 0.3) is 0 Å². The Morgan fingerprint density at radius 1 is 1.28 bits per heavy atom. The number of nitrogens with zero attached hydrogens (tertiary/aromatic N) is 2. The smallest absolute Gasteiger partial charge is 0.262 e. The van der Waals surface area contributed by atoms with E-state index in [9.17, 15) is 4.79 Å². The first-order valence-corrected chi connectivity index (χ1v) is 10.1. The van der Waals surface area contributed by atoms with Gasteiger partial charge in [0.15, 0.2) is 11.2 Å². The van der Waals surface area contributed by atoms with Crippen molar-refractivity contribution in [3.8, 4) is 11.5 Å². The van der Waals surface area contributed by atoms with Gasteiger partial charge in [0.2, 0.25) is 0 Å². The van der Waals surface area contributed by atoms with Crippen LogP contribution in [-0.4, -0.2) is 37.7 Å². The maximum atomic E-state index is 12.1. The van der Waals surface area contributed by atoms with Crippen LogP contribution in [0.3, 0.4) is 0 Å². The second-order valence-electron chi connectivity index (χ2n) is 6.57. The largest absolute Gasteiger partial charge is 0.497 e. The van der Waals surface area contributed by atoms with E-state index in [2.05, 4.69) is 15.5 Å². The Bertz CT molecular complexity index is 990. The van der Waals surface area contributed by atoms with Gasteiger partial charge in [-0.15, -0.1) is 11.3 Å². The summed E-state index contributed by atoms with van der Waals surface area (Å²) in [6.45, 7) is 1.06. The molecule has 1 aliphatic heterocycles. The molecule has 150 valence electrons. The van der Waals surface area contributed by atoms with Gasteiger partial charge >= 0.3 is 0 Å². The normalized spacial score (nSPS) is 15.2. The van der Waals surface area contributed by atoms with Crippen LogP contribution < -0.4 is 25.0 Å². The van der Waals surface area contributed by atoms with E-state index in [4.69, 9.17) is 14.5 Å². The zero-order chi connectivity index (χ0) is 20.2. The SMILES string of the molecule is CNC(=O)[C@H]1CN(Cc2csc(Nc3ccc(OC)cc3)n2)c2ccccc2O1. The summed E-state index contributed by atoms with van der Waals surface area (Å²) >= 11 is 1.55. The van der Waals surface area contributed by atoms with Crippen LogP contribution in [0.1, 0.15) is 5.69 Å². The zero-order valence-corrected chi connectivity index (χ0v) is 17.0. The number of hydrogen-bond donors (Lipinski definition) is 2. The molecular weight excluding hydrogens is 388 g/mol. The first kappa shape index (κ1) is 19.1. The van der Waals surface area contributed by atoms with E-state index in [1.54, 1.807) is 25.5 Å². The predicted molar refractivity (Wildman–Crippen MR) is 114 cm³/mol. The zero-order valence-electron chi connectivity index (χ0n) is 16.2. The van der Waals surface area contributed by atoms with Crippen molar-refractivity contribution in [2.75, 3.05) is 30.9 Å². The summed E-state index contributed by atoms with van der Waals surface area (Å²) in [6, 6.07) is 15.5. The number of para-hydroxylation sites is 2. The van der Waals surface area contributed by atoms with Crippen molar-refractivity contribution in [3.05, 3.63) is 59.6 Å². The Morgan fingerprint density at radius 3 is 2.83 bits per heavy atom. The predicted octanol–water partition coefficient (Wildman–Crippen LogP) is 3.41. The lowest BCUT2D eigenvalue weighted by Crippen LogP contribution is -2.47. The van der Waals surface area contributed by atoms with E-state index >= 15 is 0 Å². The van der Waals surface area contributed by atoms with Crippen LogP contribution in [0.5, 0.6) is 11.5 Å². The number of benzene rings is 2. The summed E-state index contributed by atoms with van der Waals surface area (Å²) < 4.78 is 11.0. The lowest BCUT2D eigenvalue weighted by Gasteiger charge is -2.35. The number of nitrogens with one attached hydrogen (secondary N) is 2. The number of methoxy groups -OCH3 is 1. The van der Waals surface area contributed by atoms with Crippen molar-refractivity contribution in [3.63, 3.8) is 0 Å². The number of fused-ring (bicyclic) bond motifs is 1. The van der Waals surface area contributed by atoms with Gasteiger partial charge in [0.1, 0.15) is 11.5 Å². The summed E-state index contributed by atoms with van der Waals surface area (Å²) in [5, 5.41) is 8.82. The molecule has 0 saturated heterocycles. The van der Waals surface area contributed by atoms with Crippen molar-refractivity contribution in [1.29, 1.82) is 0 Å². The van der Waals surface area contributed by atoms with E-state index in [1.165, 1.54) is 0 Å². The number of ether oxygens (including phenoxy) is 2. The minimum atomic E-state index is -0.551. The molecule has 2 aromatic carbocycles. The van der Waals surface area contributed by atoms with Crippen LogP contribution >= 0.6 is 11.3 Å². The molecule has 0 bridgehead atoms. The highest BCUT2D eigenvalue weighted by Crippen LogP contribution is 2.34. The molecular formula is C21H22N4O3S. The number of anilines is 3. The molecule has 0 unspecified atom stereocenters. The summed E-state index contributed by atoms with van der Waals surface area (Å²) in [6.07, 6.45) is -0.551. The average molecular weight is 410 g/mol. The summed E-state index contributed by atoms with van der Waals surface area (Å²) in [4.78, 5) is 19.0. The maximum absolute atomic E-state index is 12.1. The standard InChI is InChI=1S/C21H22N4O3S/c1-22-20(26)19-12-25(17-5-3-4-6-18(17)28-19)11-15-13-29-21(24-15)23-14-7-9-16(27-2)10-8-14/h3-10,13,19H,11-12H2,1-2H3,(H,22,26)(H,23,24)/t19-/m1/s1. The quantitative estimate of drug-likeness (QED) is 0.649. The van der Waals surface area contributed by atoms with Gasteiger partial charge in [-0.3, -0.25) is 4.79 Å². The summed E-state index contributed by atoms with van der Waals surface area (Å²) in [7, 11) is 3.27. The molecule has 0 radical (unpaired) electrons. The number of amides is 1. The molecule has 1 atom stereocenters. The summed E-state index contributed by atoms with van der Waals surface area (Å²) in [5.41, 5.74) is 2.84. The van der Waals surface area contributed by atoms with Crippen molar-refractivity contribution >= 4 is 33.8 Å². The topological polar surface area (TPSA) is 75.7 Å². The minimum Gasteiger partial charge on any atom is -0.497 e. The summed E-state index contributed by atoms with van der Waals surface area (Å²) in [5.74, 6) is 1.39. The van der Waals surface area contributed by atoms with Crippen molar-refractivity contribution in [1.82, 2.24) is 10.3 Å². The van der Waals surface area contributed by atoms with Gasteiger partial charge in [-0.1, -0.05) is 12.1 Å². The molecule has 1 amide bonds. The molecule has 3 aromatic rings. The molecule has 2 N–H and O–H groups in total. The number of likely N-dealkylation sites (N-methyl/N-ethyl adjacent to an activating group) is 1. The number of rotatable bonds is 6. The Kier molecular flexibility index (Phi) is 5.53. The van der Waals surface area contributed by atoms with E-state index in [1.807, 2.05) is 53.9 Å². The van der Waals surface area contributed by atoms with Crippen LogP contribution in [-0.2, 0) is 11.3 Å². The Hall–Kier alpha value is -3.26. The van der Waals surface area contributed by atoms with Gasteiger partial charge in [-0.25, -0.2) is 4.98 Å². The van der Waals surface area contributed by atoms with Gasteiger partial charge in [-0.2, -0.15) is 0 Å².